The molecular formula is C20H26ClN. The van der Waals surface area contributed by atoms with Gasteiger partial charge in [-0.3, -0.25) is 0 Å². The largest absolute Gasteiger partial charge is 0.314 e. The zero-order chi connectivity index (χ0) is 15.9. The van der Waals surface area contributed by atoms with E-state index in [1.54, 1.807) is 0 Å². The smallest absolute Gasteiger partial charge is 0.0406 e. The number of halogens is 1. The van der Waals surface area contributed by atoms with E-state index in [0.717, 1.165) is 11.6 Å². The molecular weight excluding hydrogens is 290 g/mol. The van der Waals surface area contributed by atoms with E-state index in [4.69, 9.17) is 11.6 Å². The summed E-state index contributed by atoms with van der Waals surface area (Å²) in [6, 6.07) is 17.5. The zero-order valence-electron chi connectivity index (χ0n) is 13.8. The summed E-state index contributed by atoms with van der Waals surface area (Å²) in [7, 11) is 0. The molecule has 0 radical (unpaired) electrons. The number of nitrogens with one attached hydrogen (secondary N) is 1. The van der Waals surface area contributed by atoms with Crippen molar-refractivity contribution in [2.24, 2.45) is 0 Å². The number of rotatable bonds is 7. The number of hydrogen-bond donors (Lipinski definition) is 1. The summed E-state index contributed by atoms with van der Waals surface area (Å²) in [6.45, 7) is 7.84. The Morgan fingerprint density at radius 2 is 1.45 bits per heavy atom. The van der Waals surface area contributed by atoms with Gasteiger partial charge in [0, 0.05) is 11.1 Å². The van der Waals surface area contributed by atoms with Gasteiger partial charge < -0.3 is 5.32 Å². The Morgan fingerprint density at radius 3 is 2.00 bits per heavy atom. The van der Waals surface area contributed by atoms with Crippen LogP contribution in [0, 0.1) is 0 Å². The molecule has 118 valence electrons. The van der Waals surface area contributed by atoms with Crippen LogP contribution in [0.3, 0.4) is 0 Å². The highest BCUT2D eigenvalue weighted by Crippen LogP contribution is 2.25. The van der Waals surface area contributed by atoms with Gasteiger partial charge in [0.2, 0.25) is 0 Å². The lowest BCUT2D eigenvalue weighted by Gasteiger charge is -2.16. The molecule has 2 heteroatoms. The molecule has 2 aromatic carbocycles. The summed E-state index contributed by atoms with van der Waals surface area (Å²) in [5.41, 5.74) is 3.86. The van der Waals surface area contributed by atoms with Crippen LogP contribution in [0.1, 0.15) is 45.1 Å². The Hall–Kier alpha value is -1.31. The molecule has 22 heavy (non-hydrogen) atoms. The SMILES string of the molecule is CCC(C)NCCC(C)c1ccc(-c2ccc(Cl)cc2)cc1. The predicted molar refractivity (Wildman–Crippen MR) is 97.7 cm³/mol. The third kappa shape index (κ3) is 4.86. The first-order valence-corrected chi connectivity index (χ1v) is 8.57. The van der Waals surface area contributed by atoms with E-state index in [0.29, 0.717) is 12.0 Å². The molecule has 0 fully saturated rings. The average molecular weight is 316 g/mol. The highest BCUT2D eigenvalue weighted by atomic mass is 35.5. The fraction of sp³-hybridized carbons (Fsp3) is 0.400. The van der Waals surface area contributed by atoms with Crippen molar-refractivity contribution >= 4 is 11.6 Å². The summed E-state index contributed by atoms with van der Waals surface area (Å²) in [6.07, 6.45) is 2.36. The lowest BCUT2D eigenvalue weighted by molar-refractivity contribution is 0.505. The quantitative estimate of drug-likeness (QED) is 0.672. The Labute approximate surface area is 139 Å². The first-order valence-electron chi connectivity index (χ1n) is 8.19. The van der Waals surface area contributed by atoms with Gasteiger partial charge in [0.25, 0.3) is 0 Å². The van der Waals surface area contributed by atoms with Crippen LogP contribution in [-0.2, 0) is 0 Å². The summed E-state index contributed by atoms with van der Waals surface area (Å²) >= 11 is 5.94. The van der Waals surface area contributed by atoms with Crippen molar-refractivity contribution in [3.63, 3.8) is 0 Å². The van der Waals surface area contributed by atoms with Crippen molar-refractivity contribution < 1.29 is 0 Å². The molecule has 0 saturated heterocycles. The summed E-state index contributed by atoms with van der Waals surface area (Å²) in [5.74, 6) is 0.579. The van der Waals surface area contributed by atoms with Crippen LogP contribution >= 0.6 is 11.6 Å². The first-order chi connectivity index (χ1) is 10.6. The Bertz CT molecular complexity index is 559. The topological polar surface area (TPSA) is 12.0 Å². The van der Waals surface area contributed by atoms with Crippen LogP contribution in [0.25, 0.3) is 11.1 Å². The van der Waals surface area contributed by atoms with Gasteiger partial charge in [-0.2, -0.15) is 0 Å². The lowest BCUT2D eigenvalue weighted by atomic mass is 9.95. The molecule has 0 heterocycles. The fourth-order valence-corrected chi connectivity index (χ4v) is 2.63. The molecule has 0 bridgehead atoms. The van der Waals surface area contributed by atoms with E-state index >= 15 is 0 Å². The third-order valence-corrected chi connectivity index (χ3v) is 4.59. The molecule has 2 rings (SSSR count). The fourth-order valence-electron chi connectivity index (χ4n) is 2.50. The monoisotopic (exact) mass is 315 g/mol. The molecule has 0 aliphatic carbocycles. The van der Waals surface area contributed by atoms with Crippen molar-refractivity contribution in [3.8, 4) is 11.1 Å². The van der Waals surface area contributed by atoms with Crippen molar-refractivity contribution in [2.45, 2.75) is 45.6 Å². The van der Waals surface area contributed by atoms with Crippen LogP contribution < -0.4 is 5.32 Å². The van der Waals surface area contributed by atoms with E-state index in [9.17, 15) is 0 Å². The second kappa shape index (κ2) is 8.36. The van der Waals surface area contributed by atoms with E-state index in [2.05, 4.69) is 62.5 Å². The van der Waals surface area contributed by atoms with Crippen molar-refractivity contribution in [1.82, 2.24) is 5.32 Å². The second-order valence-electron chi connectivity index (χ2n) is 6.08. The summed E-state index contributed by atoms with van der Waals surface area (Å²) in [5, 5.41) is 4.34. The Kier molecular flexibility index (Phi) is 6.48. The first kappa shape index (κ1) is 17.1. The van der Waals surface area contributed by atoms with Crippen molar-refractivity contribution in [3.05, 3.63) is 59.1 Å². The van der Waals surface area contributed by atoms with Crippen LogP contribution in [0.2, 0.25) is 5.02 Å². The molecule has 0 aromatic heterocycles. The minimum absolute atomic E-state index is 0.579. The lowest BCUT2D eigenvalue weighted by Crippen LogP contribution is -2.26. The van der Waals surface area contributed by atoms with Gasteiger partial charge in [-0.25, -0.2) is 0 Å². The number of hydrogen-bond acceptors (Lipinski definition) is 1. The Morgan fingerprint density at radius 1 is 0.909 bits per heavy atom. The number of benzene rings is 2. The van der Waals surface area contributed by atoms with Gasteiger partial charge >= 0.3 is 0 Å². The van der Waals surface area contributed by atoms with Gasteiger partial charge in [-0.15, -0.1) is 0 Å². The van der Waals surface area contributed by atoms with E-state index in [-0.39, 0.29) is 0 Å². The molecule has 2 atom stereocenters. The van der Waals surface area contributed by atoms with E-state index in [1.807, 2.05) is 12.1 Å². The van der Waals surface area contributed by atoms with E-state index in [1.165, 1.54) is 29.5 Å². The molecule has 0 amide bonds. The van der Waals surface area contributed by atoms with Gasteiger partial charge in [-0.1, -0.05) is 61.8 Å². The molecule has 2 aromatic rings. The molecule has 0 saturated carbocycles. The van der Waals surface area contributed by atoms with Crippen molar-refractivity contribution in [2.75, 3.05) is 6.54 Å². The summed E-state index contributed by atoms with van der Waals surface area (Å²) < 4.78 is 0. The zero-order valence-corrected chi connectivity index (χ0v) is 14.5. The minimum atomic E-state index is 0.579. The molecule has 0 aliphatic heterocycles. The standard InChI is InChI=1S/C20H26ClN/c1-4-16(3)22-14-13-15(2)17-5-7-18(8-6-17)19-9-11-20(21)12-10-19/h5-12,15-16,22H,4,13-14H2,1-3H3. The highest BCUT2D eigenvalue weighted by molar-refractivity contribution is 6.30. The van der Waals surface area contributed by atoms with Crippen molar-refractivity contribution in [1.29, 1.82) is 0 Å². The molecule has 1 N–H and O–H groups in total. The van der Waals surface area contributed by atoms with Gasteiger partial charge in [0.1, 0.15) is 0 Å². The van der Waals surface area contributed by atoms with Crippen LogP contribution in [0.15, 0.2) is 48.5 Å². The predicted octanol–water partition coefficient (Wildman–Crippen LogP) is 5.89. The minimum Gasteiger partial charge on any atom is -0.314 e. The van der Waals surface area contributed by atoms with Crippen LogP contribution in [-0.4, -0.2) is 12.6 Å². The van der Waals surface area contributed by atoms with E-state index < -0.39 is 0 Å². The highest BCUT2D eigenvalue weighted by Gasteiger charge is 2.07. The molecule has 0 spiro atoms. The van der Waals surface area contributed by atoms with Gasteiger partial charge in [0.15, 0.2) is 0 Å². The average Bonchev–Trinajstić information content (AvgIpc) is 2.55. The normalized spacial score (nSPS) is 13.8. The molecule has 1 nitrogen and oxygen atoms in total. The maximum absolute atomic E-state index is 5.94. The summed E-state index contributed by atoms with van der Waals surface area (Å²) in [4.78, 5) is 0. The maximum atomic E-state index is 5.94. The molecule has 0 aliphatic rings. The van der Waals surface area contributed by atoms with Gasteiger partial charge in [-0.05, 0) is 61.1 Å². The van der Waals surface area contributed by atoms with Crippen LogP contribution in [0.4, 0.5) is 0 Å². The third-order valence-electron chi connectivity index (χ3n) is 4.34. The second-order valence-corrected chi connectivity index (χ2v) is 6.52. The Balaban J connectivity index is 1.94. The van der Waals surface area contributed by atoms with Gasteiger partial charge in [0.05, 0.1) is 0 Å². The van der Waals surface area contributed by atoms with Crippen LogP contribution in [0.5, 0.6) is 0 Å². The molecule has 2 unspecified atom stereocenters. The maximum Gasteiger partial charge on any atom is 0.0406 e.